The van der Waals surface area contributed by atoms with Gasteiger partial charge < -0.3 is 24.3 Å². The first-order valence-electron chi connectivity index (χ1n) is 7.63. The van der Waals surface area contributed by atoms with Gasteiger partial charge in [-0.15, -0.1) is 0 Å². The molecule has 24 heavy (non-hydrogen) atoms. The van der Waals surface area contributed by atoms with Crippen LogP contribution in [0.4, 0.5) is 0 Å². The molecular formula is C18H20N2O4. The molecule has 0 fully saturated rings. The van der Waals surface area contributed by atoms with Crippen LogP contribution >= 0.6 is 0 Å². The van der Waals surface area contributed by atoms with E-state index in [1.165, 1.54) is 0 Å². The maximum atomic E-state index is 10.7. The van der Waals surface area contributed by atoms with E-state index in [-0.39, 0.29) is 13.2 Å². The van der Waals surface area contributed by atoms with E-state index in [2.05, 4.69) is 4.98 Å². The molecule has 0 radical (unpaired) electrons. The van der Waals surface area contributed by atoms with Crippen molar-refractivity contribution in [1.29, 1.82) is 0 Å². The summed E-state index contributed by atoms with van der Waals surface area (Å²) in [4.78, 5) is 4.40. The number of aliphatic hydroxyl groups excluding tert-OH is 2. The highest BCUT2D eigenvalue weighted by molar-refractivity contribution is 5.75. The molecule has 6 heteroatoms. The average molecular weight is 328 g/mol. The van der Waals surface area contributed by atoms with Gasteiger partial charge in [0.1, 0.15) is 30.0 Å². The SMILES string of the molecule is COc1ccc(OC)c([C@@H](O)Cn2c(CO)nc3ccccc32)c1. The average Bonchev–Trinajstić information content (AvgIpc) is 2.98. The van der Waals surface area contributed by atoms with Gasteiger partial charge in [0.05, 0.1) is 31.8 Å². The number of aliphatic hydroxyl groups is 2. The molecule has 6 nitrogen and oxygen atoms in total. The molecule has 3 aromatic rings. The van der Waals surface area contributed by atoms with Crippen molar-refractivity contribution >= 4 is 11.0 Å². The third kappa shape index (κ3) is 2.93. The summed E-state index contributed by atoms with van der Waals surface area (Å²) in [5.74, 6) is 1.73. The second kappa shape index (κ2) is 6.90. The fourth-order valence-electron chi connectivity index (χ4n) is 2.82. The van der Waals surface area contributed by atoms with E-state index in [1.807, 2.05) is 28.8 Å². The molecule has 126 valence electrons. The number of para-hydroxylation sites is 2. The number of rotatable bonds is 6. The smallest absolute Gasteiger partial charge is 0.135 e. The largest absolute Gasteiger partial charge is 0.497 e. The van der Waals surface area contributed by atoms with Crippen LogP contribution in [0.3, 0.4) is 0 Å². The Hall–Kier alpha value is -2.57. The number of nitrogens with zero attached hydrogens (tertiary/aromatic N) is 2. The lowest BCUT2D eigenvalue weighted by Gasteiger charge is -2.18. The van der Waals surface area contributed by atoms with Crippen molar-refractivity contribution < 1.29 is 19.7 Å². The number of ether oxygens (including phenoxy) is 2. The Morgan fingerprint density at radius 2 is 1.92 bits per heavy atom. The zero-order valence-electron chi connectivity index (χ0n) is 13.6. The first kappa shape index (κ1) is 16.3. The van der Waals surface area contributed by atoms with Gasteiger partial charge in [-0.3, -0.25) is 0 Å². The van der Waals surface area contributed by atoms with E-state index in [0.29, 0.717) is 22.9 Å². The van der Waals surface area contributed by atoms with Crippen molar-refractivity contribution in [2.24, 2.45) is 0 Å². The van der Waals surface area contributed by atoms with Crippen molar-refractivity contribution in [3.05, 3.63) is 53.9 Å². The fourth-order valence-corrected chi connectivity index (χ4v) is 2.82. The zero-order valence-corrected chi connectivity index (χ0v) is 13.6. The molecular weight excluding hydrogens is 308 g/mol. The van der Waals surface area contributed by atoms with Gasteiger partial charge in [0.25, 0.3) is 0 Å². The van der Waals surface area contributed by atoms with Gasteiger partial charge in [0.15, 0.2) is 0 Å². The number of hydrogen-bond donors (Lipinski definition) is 2. The molecule has 2 aromatic carbocycles. The number of aromatic nitrogens is 2. The molecule has 3 rings (SSSR count). The molecule has 0 saturated heterocycles. The predicted octanol–water partition coefficient (Wildman–Crippen LogP) is 2.28. The van der Waals surface area contributed by atoms with Crippen molar-refractivity contribution in [3.63, 3.8) is 0 Å². The van der Waals surface area contributed by atoms with Crippen LogP contribution in [-0.2, 0) is 13.2 Å². The monoisotopic (exact) mass is 328 g/mol. The van der Waals surface area contributed by atoms with Crippen LogP contribution in [0.5, 0.6) is 11.5 Å². The molecule has 0 unspecified atom stereocenters. The van der Waals surface area contributed by atoms with Crippen LogP contribution in [0, 0.1) is 0 Å². The highest BCUT2D eigenvalue weighted by Crippen LogP contribution is 2.31. The van der Waals surface area contributed by atoms with E-state index in [9.17, 15) is 10.2 Å². The maximum absolute atomic E-state index is 10.7. The summed E-state index contributed by atoms with van der Waals surface area (Å²) in [5.41, 5.74) is 2.27. The van der Waals surface area contributed by atoms with Crippen LogP contribution in [0.15, 0.2) is 42.5 Å². The lowest BCUT2D eigenvalue weighted by Crippen LogP contribution is -2.12. The van der Waals surface area contributed by atoms with E-state index < -0.39 is 6.10 Å². The van der Waals surface area contributed by atoms with Gasteiger partial charge in [-0.1, -0.05) is 12.1 Å². The lowest BCUT2D eigenvalue weighted by molar-refractivity contribution is 0.149. The summed E-state index contributed by atoms with van der Waals surface area (Å²) in [6.07, 6.45) is -0.835. The molecule has 0 aliphatic carbocycles. The molecule has 0 aliphatic rings. The Balaban J connectivity index is 2.00. The molecule has 0 amide bonds. The first-order valence-corrected chi connectivity index (χ1v) is 7.63. The Morgan fingerprint density at radius 3 is 2.62 bits per heavy atom. The van der Waals surface area contributed by atoms with E-state index in [1.54, 1.807) is 32.4 Å². The van der Waals surface area contributed by atoms with Crippen molar-refractivity contribution in [1.82, 2.24) is 9.55 Å². The molecule has 1 atom stereocenters. The number of fused-ring (bicyclic) bond motifs is 1. The third-order valence-electron chi connectivity index (χ3n) is 4.03. The van der Waals surface area contributed by atoms with E-state index in [4.69, 9.17) is 9.47 Å². The number of benzene rings is 2. The minimum absolute atomic E-state index is 0.198. The molecule has 1 aromatic heterocycles. The minimum atomic E-state index is -0.835. The van der Waals surface area contributed by atoms with E-state index >= 15 is 0 Å². The van der Waals surface area contributed by atoms with Crippen molar-refractivity contribution in [2.75, 3.05) is 14.2 Å². The standard InChI is InChI=1S/C18H20N2O4/c1-23-12-7-8-17(24-2)13(9-12)16(22)10-20-15-6-4-3-5-14(15)19-18(20)11-21/h3-9,16,21-22H,10-11H2,1-2H3/t16-/m0/s1. The van der Waals surface area contributed by atoms with Crippen LogP contribution in [0.1, 0.15) is 17.5 Å². The molecule has 0 aliphatic heterocycles. The van der Waals surface area contributed by atoms with Crippen molar-refractivity contribution in [2.45, 2.75) is 19.3 Å². The van der Waals surface area contributed by atoms with Crippen LogP contribution in [-0.4, -0.2) is 34.0 Å². The molecule has 2 N–H and O–H groups in total. The fraction of sp³-hybridized carbons (Fsp3) is 0.278. The highest BCUT2D eigenvalue weighted by atomic mass is 16.5. The number of imidazole rings is 1. The number of methoxy groups -OCH3 is 2. The van der Waals surface area contributed by atoms with Gasteiger partial charge in [-0.05, 0) is 30.3 Å². The Bertz CT molecular complexity index is 844. The second-order valence-corrected chi connectivity index (χ2v) is 5.41. The van der Waals surface area contributed by atoms with Gasteiger partial charge in [-0.2, -0.15) is 0 Å². The lowest BCUT2D eigenvalue weighted by atomic mass is 10.1. The predicted molar refractivity (Wildman–Crippen MR) is 90.2 cm³/mol. The number of hydrogen-bond acceptors (Lipinski definition) is 5. The molecule has 0 saturated carbocycles. The summed E-state index contributed by atoms with van der Waals surface area (Å²) >= 11 is 0. The Morgan fingerprint density at radius 1 is 1.12 bits per heavy atom. The summed E-state index contributed by atoms with van der Waals surface area (Å²) < 4.78 is 12.4. The first-order chi connectivity index (χ1) is 11.7. The summed E-state index contributed by atoms with van der Waals surface area (Å²) in [6, 6.07) is 12.9. The van der Waals surface area contributed by atoms with Crippen LogP contribution < -0.4 is 9.47 Å². The third-order valence-corrected chi connectivity index (χ3v) is 4.03. The normalized spacial score (nSPS) is 12.3. The summed E-state index contributed by atoms with van der Waals surface area (Å²) in [5, 5.41) is 20.3. The quantitative estimate of drug-likeness (QED) is 0.726. The Kier molecular flexibility index (Phi) is 4.69. The molecule has 0 bridgehead atoms. The van der Waals surface area contributed by atoms with Gasteiger partial charge in [0, 0.05) is 5.56 Å². The van der Waals surface area contributed by atoms with Crippen LogP contribution in [0.25, 0.3) is 11.0 Å². The molecule has 1 heterocycles. The summed E-state index contributed by atoms with van der Waals surface area (Å²) in [6.45, 7) is 0.0522. The highest BCUT2D eigenvalue weighted by Gasteiger charge is 2.18. The molecule has 0 spiro atoms. The zero-order chi connectivity index (χ0) is 17.1. The van der Waals surface area contributed by atoms with Crippen molar-refractivity contribution in [3.8, 4) is 11.5 Å². The summed E-state index contributed by atoms with van der Waals surface area (Å²) in [7, 11) is 3.13. The maximum Gasteiger partial charge on any atom is 0.135 e. The second-order valence-electron chi connectivity index (χ2n) is 5.41. The topological polar surface area (TPSA) is 76.7 Å². The van der Waals surface area contributed by atoms with Gasteiger partial charge >= 0.3 is 0 Å². The Labute approximate surface area is 139 Å². The minimum Gasteiger partial charge on any atom is -0.497 e. The van der Waals surface area contributed by atoms with Gasteiger partial charge in [-0.25, -0.2) is 4.98 Å². The van der Waals surface area contributed by atoms with Gasteiger partial charge in [0.2, 0.25) is 0 Å². The van der Waals surface area contributed by atoms with E-state index in [0.717, 1.165) is 11.0 Å². The van der Waals surface area contributed by atoms with Crippen LogP contribution in [0.2, 0.25) is 0 Å².